The molecule has 10 heteroatoms. The molecule has 0 aliphatic heterocycles. The van der Waals surface area contributed by atoms with E-state index in [1.807, 2.05) is 32.0 Å². The van der Waals surface area contributed by atoms with Crippen molar-refractivity contribution >= 4 is 27.3 Å². The van der Waals surface area contributed by atoms with Crippen LogP contribution in [0.4, 0.5) is 11.4 Å². The SMILES string of the molecule is CCN(CC)c1ccc(S(=O)(=O)N(CC)CC)cc1NC(=O)c1cnn(-c2ccccn2)c1C. The third kappa shape index (κ3) is 4.97. The Balaban J connectivity index is 2.02. The molecule has 1 aromatic carbocycles. The van der Waals surface area contributed by atoms with Gasteiger partial charge in [-0.25, -0.2) is 18.1 Å². The number of amides is 1. The standard InChI is InChI=1S/C24H32N6O3S/c1-6-28(7-2)22-14-13-19(34(32,33)29(8-3)9-4)16-21(22)27-24(31)20-17-26-30(18(20)5)23-12-10-11-15-25-23/h10-17H,6-9H2,1-5H3,(H,27,31). The molecule has 0 saturated heterocycles. The molecule has 0 bridgehead atoms. The van der Waals surface area contributed by atoms with E-state index in [-0.39, 0.29) is 10.8 Å². The van der Waals surface area contributed by atoms with Gasteiger partial charge in [-0.15, -0.1) is 0 Å². The first-order chi connectivity index (χ1) is 16.3. The summed E-state index contributed by atoms with van der Waals surface area (Å²) in [7, 11) is -3.68. The van der Waals surface area contributed by atoms with E-state index in [0.717, 1.165) is 5.69 Å². The molecule has 0 aliphatic rings. The minimum absolute atomic E-state index is 0.142. The lowest BCUT2D eigenvalue weighted by atomic mass is 10.2. The van der Waals surface area contributed by atoms with Crippen LogP contribution in [0.3, 0.4) is 0 Å². The monoisotopic (exact) mass is 484 g/mol. The number of anilines is 2. The molecule has 3 rings (SSSR count). The highest BCUT2D eigenvalue weighted by Crippen LogP contribution is 2.31. The van der Waals surface area contributed by atoms with Crippen molar-refractivity contribution in [2.75, 3.05) is 36.4 Å². The predicted molar refractivity (Wildman–Crippen MR) is 134 cm³/mol. The largest absolute Gasteiger partial charge is 0.370 e. The van der Waals surface area contributed by atoms with Gasteiger partial charge in [0.1, 0.15) is 0 Å². The Morgan fingerprint density at radius 2 is 1.74 bits per heavy atom. The van der Waals surface area contributed by atoms with Gasteiger partial charge in [-0.1, -0.05) is 19.9 Å². The van der Waals surface area contributed by atoms with Crippen LogP contribution in [0.15, 0.2) is 53.7 Å². The van der Waals surface area contributed by atoms with Crippen molar-refractivity contribution in [3.8, 4) is 5.82 Å². The van der Waals surface area contributed by atoms with E-state index >= 15 is 0 Å². The number of hydrogen-bond acceptors (Lipinski definition) is 6. The molecule has 1 N–H and O–H groups in total. The van der Waals surface area contributed by atoms with Gasteiger partial charge in [0.05, 0.1) is 33.7 Å². The van der Waals surface area contributed by atoms with E-state index in [1.165, 1.54) is 16.6 Å². The minimum Gasteiger partial charge on any atom is -0.370 e. The van der Waals surface area contributed by atoms with E-state index in [4.69, 9.17) is 0 Å². The molecule has 34 heavy (non-hydrogen) atoms. The van der Waals surface area contributed by atoms with Gasteiger partial charge in [0, 0.05) is 32.4 Å². The summed E-state index contributed by atoms with van der Waals surface area (Å²) in [5, 5.41) is 7.25. The van der Waals surface area contributed by atoms with Gasteiger partial charge < -0.3 is 10.2 Å². The van der Waals surface area contributed by atoms with Crippen LogP contribution in [-0.2, 0) is 10.0 Å². The van der Waals surface area contributed by atoms with Gasteiger partial charge in [0.25, 0.3) is 5.91 Å². The fourth-order valence-electron chi connectivity index (χ4n) is 3.86. The molecular weight excluding hydrogens is 452 g/mol. The maximum absolute atomic E-state index is 13.3. The van der Waals surface area contributed by atoms with Gasteiger partial charge in [-0.2, -0.15) is 9.40 Å². The first-order valence-electron chi connectivity index (χ1n) is 11.4. The van der Waals surface area contributed by atoms with Crippen LogP contribution in [0.5, 0.6) is 0 Å². The highest BCUT2D eigenvalue weighted by atomic mass is 32.2. The number of carbonyl (C=O) groups excluding carboxylic acids is 1. The molecule has 0 unspecified atom stereocenters. The van der Waals surface area contributed by atoms with Crippen LogP contribution in [-0.4, -0.2) is 59.6 Å². The molecule has 0 radical (unpaired) electrons. The van der Waals surface area contributed by atoms with Crippen molar-refractivity contribution in [2.45, 2.75) is 39.5 Å². The molecule has 1 amide bonds. The number of aromatic nitrogens is 3. The van der Waals surface area contributed by atoms with Crippen molar-refractivity contribution in [2.24, 2.45) is 0 Å². The quantitative estimate of drug-likeness (QED) is 0.471. The lowest BCUT2D eigenvalue weighted by Gasteiger charge is -2.26. The molecule has 182 valence electrons. The Morgan fingerprint density at radius 3 is 2.32 bits per heavy atom. The Bertz CT molecular complexity index is 1230. The smallest absolute Gasteiger partial charge is 0.259 e. The molecular formula is C24H32N6O3S. The highest BCUT2D eigenvalue weighted by molar-refractivity contribution is 7.89. The summed E-state index contributed by atoms with van der Waals surface area (Å²) >= 11 is 0. The molecule has 0 atom stereocenters. The second-order valence-corrected chi connectivity index (χ2v) is 9.58. The molecule has 0 aliphatic carbocycles. The van der Waals surface area contributed by atoms with Crippen LogP contribution < -0.4 is 10.2 Å². The number of sulfonamides is 1. The summed E-state index contributed by atoms with van der Waals surface area (Å²) in [6.45, 7) is 11.6. The summed E-state index contributed by atoms with van der Waals surface area (Å²) in [6.07, 6.45) is 3.15. The zero-order chi connectivity index (χ0) is 24.9. The highest BCUT2D eigenvalue weighted by Gasteiger charge is 2.25. The van der Waals surface area contributed by atoms with Crippen molar-refractivity contribution < 1.29 is 13.2 Å². The van der Waals surface area contributed by atoms with Crippen molar-refractivity contribution in [3.63, 3.8) is 0 Å². The van der Waals surface area contributed by atoms with Crippen molar-refractivity contribution in [3.05, 3.63) is 60.0 Å². The Labute approximate surface area is 201 Å². The summed E-state index contributed by atoms with van der Waals surface area (Å²) in [4.78, 5) is 19.8. The summed E-state index contributed by atoms with van der Waals surface area (Å²) in [5.41, 5.74) is 2.21. The van der Waals surface area contributed by atoms with Crippen LogP contribution in [0.25, 0.3) is 5.82 Å². The number of benzene rings is 1. The third-order valence-corrected chi connectivity index (χ3v) is 7.83. The summed E-state index contributed by atoms with van der Waals surface area (Å²) in [6, 6.07) is 10.4. The number of hydrogen-bond donors (Lipinski definition) is 1. The molecule has 2 heterocycles. The zero-order valence-corrected chi connectivity index (χ0v) is 21.1. The van der Waals surface area contributed by atoms with E-state index in [9.17, 15) is 13.2 Å². The average molecular weight is 485 g/mol. The van der Waals surface area contributed by atoms with Crippen LogP contribution >= 0.6 is 0 Å². The molecule has 0 saturated carbocycles. The lowest BCUT2D eigenvalue weighted by Crippen LogP contribution is -2.31. The topological polar surface area (TPSA) is 100 Å². The number of nitrogens with zero attached hydrogens (tertiary/aromatic N) is 5. The molecule has 0 spiro atoms. The van der Waals surface area contributed by atoms with Gasteiger partial charge in [0.15, 0.2) is 5.82 Å². The van der Waals surface area contributed by atoms with Gasteiger partial charge in [-0.05, 0) is 51.1 Å². The fraction of sp³-hybridized carbons (Fsp3) is 0.375. The van der Waals surface area contributed by atoms with Crippen LogP contribution in [0.2, 0.25) is 0 Å². The fourth-order valence-corrected chi connectivity index (χ4v) is 5.35. The Hall–Kier alpha value is -3.24. The van der Waals surface area contributed by atoms with Crippen molar-refractivity contribution in [1.29, 1.82) is 0 Å². The number of nitrogens with one attached hydrogen (secondary N) is 1. The number of rotatable bonds is 10. The van der Waals surface area contributed by atoms with E-state index < -0.39 is 10.0 Å². The zero-order valence-electron chi connectivity index (χ0n) is 20.3. The van der Waals surface area contributed by atoms with Gasteiger partial charge in [-0.3, -0.25) is 4.79 Å². The van der Waals surface area contributed by atoms with Crippen LogP contribution in [0, 0.1) is 6.92 Å². The maximum Gasteiger partial charge on any atom is 0.259 e. The maximum atomic E-state index is 13.3. The van der Waals surface area contributed by atoms with Gasteiger partial charge >= 0.3 is 0 Å². The second-order valence-electron chi connectivity index (χ2n) is 7.64. The van der Waals surface area contributed by atoms with E-state index in [0.29, 0.717) is 48.9 Å². The Kier molecular flexibility index (Phi) is 8.06. The van der Waals surface area contributed by atoms with Crippen LogP contribution in [0.1, 0.15) is 43.7 Å². The van der Waals surface area contributed by atoms with E-state index in [2.05, 4.69) is 20.3 Å². The molecule has 9 nitrogen and oxygen atoms in total. The molecule has 3 aromatic rings. The van der Waals surface area contributed by atoms with E-state index in [1.54, 1.807) is 43.8 Å². The molecule has 2 aromatic heterocycles. The van der Waals surface area contributed by atoms with Crippen molar-refractivity contribution in [1.82, 2.24) is 19.1 Å². The minimum atomic E-state index is -3.68. The van der Waals surface area contributed by atoms with Gasteiger partial charge in [0.2, 0.25) is 10.0 Å². The predicted octanol–water partition coefficient (Wildman–Crippen LogP) is 3.70. The normalized spacial score (nSPS) is 11.6. The third-order valence-electron chi connectivity index (χ3n) is 5.78. The first kappa shape index (κ1) is 25.4. The summed E-state index contributed by atoms with van der Waals surface area (Å²) < 4.78 is 29.2. The lowest BCUT2D eigenvalue weighted by molar-refractivity contribution is 0.102. The number of pyridine rings is 1. The summed E-state index contributed by atoms with van der Waals surface area (Å²) in [5.74, 6) is 0.237. The first-order valence-corrected chi connectivity index (χ1v) is 12.9. The second kappa shape index (κ2) is 10.8. The molecule has 0 fully saturated rings. The Morgan fingerprint density at radius 1 is 1.03 bits per heavy atom. The number of carbonyl (C=O) groups is 1. The average Bonchev–Trinajstić information content (AvgIpc) is 3.23.